The van der Waals surface area contributed by atoms with Crippen LogP contribution in [0.2, 0.25) is 0 Å². The predicted octanol–water partition coefficient (Wildman–Crippen LogP) is 4.60. The molecular weight excluding hydrogens is 428 g/mol. The third-order valence-corrected chi connectivity index (χ3v) is 7.05. The first-order valence-electron chi connectivity index (χ1n) is 12.1. The molecule has 2 aromatic rings. The molecule has 182 valence electrons. The van der Waals surface area contributed by atoms with Gasteiger partial charge in [0.25, 0.3) is 5.91 Å². The van der Waals surface area contributed by atoms with Crippen LogP contribution in [0.15, 0.2) is 54.6 Å². The molecule has 0 bridgehead atoms. The molecular formula is C28H36N2O4. The van der Waals surface area contributed by atoms with Crippen LogP contribution >= 0.6 is 0 Å². The van der Waals surface area contributed by atoms with Crippen molar-refractivity contribution in [2.24, 2.45) is 11.3 Å². The lowest BCUT2D eigenvalue weighted by Gasteiger charge is -2.43. The molecule has 1 aliphatic carbocycles. The van der Waals surface area contributed by atoms with Gasteiger partial charge in [-0.1, -0.05) is 75.4 Å². The van der Waals surface area contributed by atoms with Crippen molar-refractivity contribution in [1.29, 1.82) is 0 Å². The van der Waals surface area contributed by atoms with Crippen molar-refractivity contribution in [2.45, 2.75) is 64.7 Å². The minimum atomic E-state index is -0.992. The van der Waals surface area contributed by atoms with Crippen LogP contribution in [-0.4, -0.2) is 46.7 Å². The summed E-state index contributed by atoms with van der Waals surface area (Å²) in [5.41, 5.74) is 2.20. The second-order valence-electron chi connectivity index (χ2n) is 10.9. The predicted molar refractivity (Wildman–Crippen MR) is 131 cm³/mol. The number of β-amino-alcohol motifs (C(OH)–C–C–N with tert-alkyl or cyclic N) is 1. The minimum absolute atomic E-state index is 0.000148. The molecule has 1 heterocycles. The SMILES string of the molecule is Cc1ccccc1[C@H](OC[C@H](O)CN1C(=O)N[C@]2(C[C@H](C)CC(C)(C)C2)C1=O)c1ccccc1. The van der Waals surface area contributed by atoms with Gasteiger partial charge in [0.1, 0.15) is 11.6 Å². The maximum Gasteiger partial charge on any atom is 0.325 e. The largest absolute Gasteiger partial charge is 0.389 e. The number of carbonyl (C=O) groups excluding carboxylic acids is 2. The molecule has 1 saturated carbocycles. The number of imide groups is 1. The van der Waals surface area contributed by atoms with Crippen molar-refractivity contribution in [2.75, 3.05) is 13.2 Å². The molecule has 34 heavy (non-hydrogen) atoms. The van der Waals surface area contributed by atoms with Crippen LogP contribution < -0.4 is 5.32 Å². The van der Waals surface area contributed by atoms with E-state index in [2.05, 4.69) is 26.1 Å². The summed E-state index contributed by atoms with van der Waals surface area (Å²) >= 11 is 0. The van der Waals surface area contributed by atoms with Gasteiger partial charge in [0, 0.05) is 0 Å². The quantitative estimate of drug-likeness (QED) is 0.587. The molecule has 6 heteroatoms. The van der Waals surface area contributed by atoms with Gasteiger partial charge in [-0.25, -0.2) is 4.79 Å². The van der Waals surface area contributed by atoms with Crippen LogP contribution in [0.1, 0.15) is 62.8 Å². The summed E-state index contributed by atoms with van der Waals surface area (Å²) in [6, 6.07) is 17.4. The van der Waals surface area contributed by atoms with Crippen LogP contribution in [0.4, 0.5) is 4.79 Å². The number of urea groups is 1. The summed E-state index contributed by atoms with van der Waals surface area (Å²) < 4.78 is 6.21. The van der Waals surface area contributed by atoms with Gasteiger partial charge in [0.05, 0.1) is 19.3 Å². The fraction of sp³-hybridized carbons (Fsp3) is 0.500. The maximum absolute atomic E-state index is 13.4. The van der Waals surface area contributed by atoms with Crippen LogP contribution in [0, 0.1) is 18.3 Å². The molecule has 0 unspecified atom stereocenters. The van der Waals surface area contributed by atoms with E-state index in [0.29, 0.717) is 18.8 Å². The molecule has 2 N–H and O–H groups in total. The van der Waals surface area contributed by atoms with Gasteiger partial charge in [-0.05, 0) is 54.2 Å². The second kappa shape index (κ2) is 9.51. The zero-order valence-corrected chi connectivity index (χ0v) is 20.6. The molecule has 3 amide bonds. The van der Waals surface area contributed by atoms with Gasteiger partial charge >= 0.3 is 6.03 Å². The Morgan fingerprint density at radius 3 is 2.44 bits per heavy atom. The minimum Gasteiger partial charge on any atom is -0.389 e. The van der Waals surface area contributed by atoms with Crippen LogP contribution in [0.5, 0.6) is 0 Å². The number of aliphatic hydroxyl groups is 1. The Kier molecular flexibility index (Phi) is 6.83. The Bertz CT molecular complexity index is 1040. The number of rotatable bonds is 7. The zero-order chi connectivity index (χ0) is 24.5. The molecule has 1 saturated heterocycles. The Hall–Kier alpha value is -2.70. The molecule has 2 aromatic carbocycles. The number of amides is 3. The van der Waals surface area contributed by atoms with Crippen LogP contribution in [0.25, 0.3) is 0 Å². The van der Waals surface area contributed by atoms with E-state index in [-0.39, 0.29) is 30.6 Å². The smallest absolute Gasteiger partial charge is 0.325 e. The standard InChI is InChI=1S/C28H36N2O4/c1-19-14-27(3,4)18-28(15-19)25(32)30(26(33)29-28)16-22(31)17-34-24(21-11-6-5-7-12-21)23-13-9-8-10-20(23)2/h5-13,19,22,24,31H,14-18H2,1-4H3,(H,29,33)/t19-,22-,24-,28+/m1/s1. The van der Waals surface area contributed by atoms with E-state index in [1.54, 1.807) is 0 Å². The number of nitrogens with zero attached hydrogens (tertiary/aromatic N) is 1. The number of benzene rings is 2. The van der Waals surface area contributed by atoms with E-state index in [1.165, 1.54) is 4.90 Å². The number of hydrogen-bond donors (Lipinski definition) is 2. The maximum atomic E-state index is 13.4. The fourth-order valence-electron chi connectivity index (χ4n) is 6.02. The molecule has 1 spiro atoms. The summed E-state index contributed by atoms with van der Waals surface area (Å²) in [6.45, 7) is 8.36. The zero-order valence-electron chi connectivity index (χ0n) is 20.6. The third-order valence-electron chi connectivity index (χ3n) is 7.05. The summed E-state index contributed by atoms with van der Waals surface area (Å²) in [4.78, 5) is 27.3. The average molecular weight is 465 g/mol. The third kappa shape index (κ3) is 5.03. The van der Waals surface area contributed by atoms with E-state index in [9.17, 15) is 14.7 Å². The number of nitrogens with one attached hydrogen (secondary N) is 1. The first-order chi connectivity index (χ1) is 16.1. The van der Waals surface area contributed by atoms with E-state index in [0.717, 1.165) is 23.1 Å². The highest BCUT2D eigenvalue weighted by Gasteiger charge is 2.56. The molecule has 0 radical (unpaired) electrons. The van der Waals surface area contributed by atoms with Gasteiger partial charge in [-0.3, -0.25) is 9.69 Å². The Labute approximate surface area is 202 Å². The highest BCUT2D eigenvalue weighted by Crippen LogP contribution is 2.46. The summed E-state index contributed by atoms with van der Waals surface area (Å²) in [5.74, 6) is 0.108. The van der Waals surface area contributed by atoms with Crippen molar-refractivity contribution in [3.63, 3.8) is 0 Å². The lowest BCUT2D eigenvalue weighted by atomic mass is 9.64. The molecule has 6 nitrogen and oxygen atoms in total. The normalized spacial score (nSPS) is 25.9. The molecule has 2 aliphatic rings. The first-order valence-corrected chi connectivity index (χ1v) is 12.1. The van der Waals surface area contributed by atoms with Gasteiger partial charge in [-0.2, -0.15) is 0 Å². The Balaban J connectivity index is 1.45. The van der Waals surface area contributed by atoms with E-state index < -0.39 is 17.7 Å². The summed E-state index contributed by atoms with van der Waals surface area (Å²) in [5, 5.41) is 13.8. The second-order valence-corrected chi connectivity index (χ2v) is 10.9. The number of hydrogen-bond acceptors (Lipinski definition) is 4. The van der Waals surface area contributed by atoms with Crippen molar-refractivity contribution in [3.05, 3.63) is 71.3 Å². The van der Waals surface area contributed by atoms with Crippen molar-refractivity contribution in [1.82, 2.24) is 10.2 Å². The molecule has 1 aliphatic heterocycles. The highest BCUT2D eigenvalue weighted by atomic mass is 16.5. The number of carbonyl (C=O) groups is 2. The Morgan fingerprint density at radius 1 is 1.09 bits per heavy atom. The molecule has 0 aromatic heterocycles. The van der Waals surface area contributed by atoms with Gasteiger partial charge in [0.15, 0.2) is 0 Å². The number of aryl methyl sites for hydroxylation is 1. The molecule has 2 fully saturated rings. The monoisotopic (exact) mass is 464 g/mol. The lowest BCUT2D eigenvalue weighted by Crippen LogP contribution is -2.54. The summed E-state index contributed by atoms with van der Waals surface area (Å²) in [6.07, 6.45) is 0.920. The first kappa shape index (κ1) is 24.4. The van der Waals surface area contributed by atoms with Gasteiger partial charge in [0.2, 0.25) is 0 Å². The van der Waals surface area contributed by atoms with Gasteiger partial charge in [-0.15, -0.1) is 0 Å². The molecule has 4 rings (SSSR count). The fourth-order valence-corrected chi connectivity index (χ4v) is 6.02. The Morgan fingerprint density at radius 2 is 1.76 bits per heavy atom. The van der Waals surface area contributed by atoms with Crippen molar-refractivity contribution < 1.29 is 19.4 Å². The average Bonchev–Trinajstić information content (AvgIpc) is 2.97. The van der Waals surface area contributed by atoms with E-state index in [1.807, 2.05) is 61.5 Å². The highest BCUT2D eigenvalue weighted by molar-refractivity contribution is 6.07. The lowest BCUT2D eigenvalue weighted by molar-refractivity contribution is -0.136. The van der Waals surface area contributed by atoms with E-state index in [4.69, 9.17) is 4.74 Å². The van der Waals surface area contributed by atoms with Crippen LogP contribution in [0.3, 0.4) is 0 Å². The molecule has 4 atom stereocenters. The van der Waals surface area contributed by atoms with Gasteiger partial charge < -0.3 is 15.2 Å². The topological polar surface area (TPSA) is 78.9 Å². The van der Waals surface area contributed by atoms with Crippen molar-refractivity contribution in [3.8, 4) is 0 Å². The summed E-state index contributed by atoms with van der Waals surface area (Å²) in [7, 11) is 0. The number of ether oxygens (including phenoxy) is 1. The van der Waals surface area contributed by atoms with Crippen molar-refractivity contribution >= 4 is 11.9 Å². The van der Waals surface area contributed by atoms with Crippen LogP contribution in [-0.2, 0) is 9.53 Å². The van der Waals surface area contributed by atoms with E-state index >= 15 is 0 Å². The number of aliphatic hydroxyl groups excluding tert-OH is 1.